The van der Waals surface area contributed by atoms with Crippen LogP contribution < -0.4 is 5.32 Å². The number of Topliss-reactive ketones (excluding diaryl/α,β-unsaturated/α-hetero) is 1. The molecule has 1 atom stereocenters. The third-order valence-corrected chi connectivity index (χ3v) is 5.83. The monoisotopic (exact) mass is 479 g/mol. The Hall–Kier alpha value is -4.70. The Morgan fingerprint density at radius 2 is 1.58 bits per heavy atom. The zero-order valence-electron chi connectivity index (χ0n) is 19.6. The summed E-state index contributed by atoms with van der Waals surface area (Å²) in [5.41, 5.74) is 2.52. The Balaban J connectivity index is 1.44. The molecule has 0 aliphatic heterocycles. The van der Waals surface area contributed by atoms with Gasteiger partial charge in [-0.3, -0.25) is 14.4 Å². The summed E-state index contributed by atoms with van der Waals surface area (Å²) in [6, 6.07) is 26.8. The second kappa shape index (κ2) is 11.6. The zero-order valence-corrected chi connectivity index (χ0v) is 19.6. The molecular formula is C29H25N3O4. The van der Waals surface area contributed by atoms with Crippen LogP contribution in [-0.2, 0) is 16.1 Å². The molecule has 0 aliphatic rings. The number of ether oxygens (including phenoxy) is 1. The van der Waals surface area contributed by atoms with E-state index in [9.17, 15) is 14.4 Å². The SMILES string of the molecule is N#CCCn1cc(C(=O)COC(=O)CC(NC(=O)c2ccccc2)c2ccccc2)c2ccccc21. The lowest BCUT2D eigenvalue weighted by Gasteiger charge is -2.18. The summed E-state index contributed by atoms with van der Waals surface area (Å²) >= 11 is 0. The van der Waals surface area contributed by atoms with Crippen molar-refractivity contribution in [3.8, 4) is 6.07 Å². The van der Waals surface area contributed by atoms with E-state index >= 15 is 0 Å². The lowest BCUT2D eigenvalue weighted by atomic mass is 10.0. The van der Waals surface area contributed by atoms with Gasteiger partial charge in [0.15, 0.2) is 6.61 Å². The number of ketones is 1. The molecule has 180 valence electrons. The van der Waals surface area contributed by atoms with Gasteiger partial charge in [-0.05, 0) is 23.8 Å². The second-order valence-electron chi connectivity index (χ2n) is 8.25. The number of hydrogen-bond donors (Lipinski definition) is 1. The van der Waals surface area contributed by atoms with Crippen LogP contribution in [-0.4, -0.2) is 28.8 Å². The number of aromatic nitrogens is 1. The van der Waals surface area contributed by atoms with Crippen molar-refractivity contribution in [3.63, 3.8) is 0 Å². The van der Waals surface area contributed by atoms with Crippen LogP contribution in [0.1, 0.15) is 45.2 Å². The first-order valence-electron chi connectivity index (χ1n) is 11.6. The van der Waals surface area contributed by atoms with Gasteiger partial charge in [0.2, 0.25) is 5.78 Å². The topological polar surface area (TPSA) is 101 Å². The number of hydrogen-bond acceptors (Lipinski definition) is 5. The lowest BCUT2D eigenvalue weighted by molar-refractivity contribution is -0.143. The fourth-order valence-electron chi connectivity index (χ4n) is 4.04. The first-order chi connectivity index (χ1) is 17.6. The predicted octanol–water partition coefficient (Wildman–Crippen LogP) is 4.84. The average Bonchev–Trinajstić information content (AvgIpc) is 3.30. The van der Waals surface area contributed by atoms with E-state index in [4.69, 9.17) is 10.00 Å². The summed E-state index contributed by atoms with van der Waals surface area (Å²) < 4.78 is 7.19. The number of fused-ring (bicyclic) bond motifs is 1. The summed E-state index contributed by atoms with van der Waals surface area (Å²) in [5, 5.41) is 12.6. The fraction of sp³-hybridized carbons (Fsp3) is 0.172. The van der Waals surface area contributed by atoms with Crippen molar-refractivity contribution in [2.24, 2.45) is 0 Å². The van der Waals surface area contributed by atoms with Crippen LogP contribution in [0.5, 0.6) is 0 Å². The van der Waals surface area contributed by atoms with Crippen molar-refractivity contribution in [1.82, 2.24) is 9.88 Å². The highest BCUT2D eigenvalue weighted by Crippen LogP contribution is 2.23. The van der Waals surface area contributed by atoms with E-state index in [0.29, 0.717) is 24.1 Å². The molecule has 4 aromatic rings. The standard InChI is InChI=1S/C29H25N3O4/c30-16-9-17-32-19-24(23-14-7-8-15-26(23)32)27(33)20-36-28(34)18-25(21-10-3-1-4-11-21)31-29(35)22-12-5-2-6-13-22/h1-8,10-15,19,25H,9,17-18,20H2,(H,31,35). The number of nitriles is 1. The second-order valence-corrected chi connectivity index (χ2v) is 8.25. The van der Waals surface area contributed by atoms with Crippen LogP contribution >= 0.6 is 0 Å². The third kappa shape index (κ3) is 5.86. The number of carbonyl (C=O) groups excluding carboxylic acids is 3. The number of esters is 1. The smallest absolute Gasteiger partial charge is 0.308 e. The molecule has 1 amide bonds. The predicted molar refractivity (Wildman–Crippen MR) is 135 cm³/mol. The Morgan fingerprint density at radius 3 is 2.31 bits per heavy atom. The van der Waals surface area contributed by atoms with Crippen LogP contribution in [0.15, 0.2) is 91.1 Å². The molecule has 0 spiro atoms. The molecule has 0 saturated heterocycles. The summed E-state index contributed by atoms with van der Waals surface area (Å²) in [6.07, 6.45) is 1.89. The molecule has 3 aromatic carbocycles. The molecule has 0 saturated carbocycles. The molecule has 0 fully saturated rings. The summed E-state index contributed by atoms with van der Waals surface area (Å²) in [4.78, 5) is 38.4. The van der Waals surface area contributed by atoms with Gasteiger partial charge in [0, 0.05) is 34.8 Å². The molecule has 4 rings (SSSR count). The number of aryl methyl sites for hydroxylation is 1. The number of rotatable bonds is 10. The minimum Gasteiger partial charge on any atom is -0.457 e. The molecule has 1 aromatic heterocycles. The Morgan fingerprint density at radius 1 is 0.917 bits per heavy atom. The van der Waals surface area contributed by atoms with E-state index in [1.165, 1.54) is 0 Å². The van der Waals surface area contributed by atoms with Crippen LogP contribution in [0.2, 0.25) is 0 Å². The van der Waals surface area contributed by atoms with Crippen LogP contribution in [0.3, 0.4) is 0 Å². The number of para-hydroxylation sites is 1. The third-order valence-electron chi connectivity index (χ3n) is 5.83. The van der Waals surface area contributed by atoms with Crippen molar-refractivity contribution >= 4 is 28.6 Å². The minimum atomic E-state index is -0.616. The molecule has 1 N–H and O–H groups in total. The highest BCUT2D eigenvalue weighted by molar-refractivity contribution is 6.09. The highest BCUT2D eigenvalue weighted by Gasteiger charge is 2.22. The minimum absolute atomic E-state index is 0.125. The maximum absolute atomic E-state index is 12.9. The number of amides is 1. The summed E-state index contributed by atoms with van der Waals surface area (Å²) in [7, 11) is 0. The van der Waals surface area contributed by atoms with Crippen molar-refractivity contribution < 1.29 is 19.1 Å². The molecular weight excluding hydrogens is 454 g/mol. The van der Waals surface area contributed by atoms with Gasteiger partial charge < -0.3 is 14.6 Å². The first-order valence-corrected chi connectivity index (χ1v) is 11.6. The van der Waals surface area contributed by atoms with Crippen LogP contribution in [0.4, 0.5) is 0 Å². The molecule has 1 heterocycles. The number of nitrogens with zero attached hydrogens (tertiary/aromatic N) is 2. The van der Waals surface area contributed by atoms with Gasteiger partial charge in [0.25, 0.3) is 5.91 Å². The van der Waals surface area contributed by atoms with Crippen molar-refractivity contribution in [2.75, 3.05) is 6.61 Å². The van der Waals surface area contributed by atoms with E-state index in [2.05, 4.69) is 11.4 Å². The molecule has 36 heavy (non-hydrogen) atoms. The van der Waals surface area contributed by atoms with Crippen LogP contribution in [0.25, 0.3) is 10.9 Å². The van der Waals surface area contributed by atoms with Gasteiger partial charge >= 0.3 is 5.97 Å². The summed E-state index contributed by atoms with van der Waals surface area (Å²) in [6.45, 7) is 0.0448. The largest absolute Gasteiger partial charge is 0.457 e. The maximum atomic E-state index is 12.9. The highest BCUT2D eigenvalue weighted by atomic mass is 16.5. The van der Waals surface area contributed by atoms with E-state index < -0.39 is 18.6 Å². The average molecular weight is 480 g/mol. The molecule has 7 nitrogen and oxygen atoms in total. The first kappa shape index (κ1) is 24.4. The molecule has 0 radical (unpaired) electrons. The van der Waals surface area contributed by atoms with Crippen molar-refractivity contribution in [3.05, 3.63) is 108 Å². The van der Waals surface area contributed by atoms with Gasteiger partial charge in [-0.1, -0.05) is 66.7 Å². The van der Waals surface area contributed by atoms with Gasteiger partial charge in [0.05, 0.1) is 25.0 Å². The molecule has 7 heteroatoms. The summed E-state index contributed by atoms with van der Waals surface area (Å²) in [5.74, 6) is -1.24. The van der Waals surface area contributed by atoms with Gasteiger partial charge in [-0.2, -0.15) is 5.26 Å². The molecule has 1 unspecified atom stereocenters. The number of nitrogens with one attached hydrogen (secondary N) is 1. The van der Waals surface area contributed by atoms with Crippen molar-refractivity contribution in [2.45, 2.75) is 25.4 Å². The van der Waals surface area contributed by atoms with E-state index in [1.807, 2.05) is 65.2 Å². The van der Waals surface area contributed by atoms with E-state index in [1.54, 1.807) is 30.5 Å². The zero-order chi connectivity index (χ0) is 25.3. The number of carbonyl (C=O) groups is 3. The van der Waals surface area contributed by atoms with Crippen LogP contribution in [0, 0.1) is 11.3 Å². The normalized spacial score (nSPS) is 11.4. The fourth-order valence-corrected chi connectivity index (χ4v) is 4.04. The Kier molecular flexibility index (Phi) is 7.89. The maximum Gasteiger partial charge on any atom is 0.308 e. The van der Waals surface area contributed by atoms with Gasteiger partial charge in [-0.25, -0.2) is 0 Å². The lowest BCUT2D eigenvalue weighted by Crippen LogP contribution is -2.31. The van der Waals surface area contributed by atoms with Gasteiger partial charge in [-0.15, -0.1) is 0 Å². The van der Waals surface area contributed by atoms with Gasteiger partial charge in [0.1, 0.15) is 0 Å². The molecule has 0 bridgehead atoms. The quantitative estimate of drug-likeness (QED) is 0.259. The Bertz CT molecular complexity index is 1400. The van der Waals surface area contributed by atoms with E-state index in [-0.39, 0.29) is 18.1 Å². The molecule has 0 aliphatic carbocycles. The Labute approximate surface area is 208 Å². The number of benzene rings is 3. The van der Waals surface area contributed by atoms with Crippen molar-refractivity contribution in [1.29, 1.82) is 5.26 Å². The van der Waals surface area contributed by atoms with E-state index in [0.717, 1.165) is 16.5 Å².